The van der Waals surface area contributed by atoms with E-state index in [1.807, 2.05) is 0 Å². The van der Waals surface area contributed by atoms with Gasteiger partial charge in [-0.2, -0.15) is 0 Å². The normalized spacial score (nSPS) is 62.7. The van der Waals surface area contributed by atoms with Crippen LogP contribution in [0.4, 0.5) is 0 Å². The molecule has 5 atom stereocenters. The topological polar surface area (TPSA) is 0 Å². The summed E-state index contributed by atoms with van der Waals surface area (Å²) in [5, 5.41) is 1.02. The fraction of sp³-hybridized carbons (Fsp3) is 0.412. The predicted octanol–water partition coefficient (Wildman–Crippen LogP) is 9.41. The van der Waals surface area contributed by atoms with Gasteiger partial charge in [-0.1, -0.05) is 117 Å². The highest BCUT2D eigenvalue weighted by molar-refractivity contribution is 6.08. The van der Waals surface area contributed by atoms with E-state index in [-0.39, 0.29) is 10.8 Å². The summed E-state index contributed by atoms with van der Waals surface area (Å²) >= 11 is 0. The van der Waals surface area contributed by atoms with Crippen molar-refractivity contribution < 1.29 is 30.2 Å². The van der Waals surface area contributed by atoms with Crippen molar-refractivity contribution in [2.24, 2.45) is 17.7 Å². The van der Waals surface area contributed by atoms with Crippen molar-refractivity contribution in [3.63, 3.8) is 0 Å². The van der Waals surface area contributed by atoms with E-state index in [1.165, 1.54) is 30.3 Å². The van der Waals surface area contributed by atoms with E-state index in [9.17, 15) is 19.2 Å². The summed E-state index contributed by atoms with van der Waals surface area (Å²) in [4.78, 5) is 0. The highest BCUT2D eigenvalue weighted by atomic mass is 14.6. The number of fused-ring (bicyclic) bond motifs is 5. The minimum Gasteiger partial charge on any atom is -0.0622 e. The third-order valence-electron chi connectivity index (χ3n) is 6.70. The first-order chi connectivity index (χ1) is 25.2. The van der Waals surface area contributed by atoms with Gasteiger partial charge in [0, 0.05) is 35.6 Å². The molecule has 3 fully saturated rings. The summed E-state index contributed by atoms with van der Waals surface area (Å²) in [7, 11) is 0. The predicted molar refractivity (Wildman–Crippen MR) is 144 cm³/mol. The van der Waals surface area contributed by atoms with Gasteiger partial charge in [0.05, 0.1) is 0 Å². The quantitative estimate of drug-likeness (QED) is 0.258. The fourth-order valence-electron chi connectivity index (χ4n) is 5.24. The highest BCUT2D eigenvalue weighted by Crippen LogP contribution is 2.64. The smallest absolute Gasteiger partial charge is 0.0365 e. The van der Waals surface area contributed by atoms with Crippen LogP contribution in [0.25, 0.3) is 21.5 Å². The zero-order valence-corrected chi connectivity index (χ0v) is 18.1. The van der Waals surface area contributed by atoms with Crippen LogP contribution in [0.2, 0.25) is 0 Å². The number of hydrogen-bond acceptors (Lipinski definition) is 0. The van der Waals surface area contributed by atoms with Crippen molar-refractivity contribution in [3.05, 3.63) is 96.1 Å². The zero-order chi connectivity index (χ0) is 42.4. The van der Waals surface area contributed by atoms with Gasteiger partial charge in [0.2, 0.25) is 0 Å². The standard InChI is InChI=1S/C34H36/c1-2-13-26(14-3-1)34-22-9-8-15-27(34)23-25-12-5-7-17-29(25)33(34)32-19-10-18-30-28-16-6-4-11-24(28)20-21-31(30)32/h1-4,6,10-11,13-14,16,18-21,25,27,29,33H,5,7-9,12,15,17,22-23H2/i5D2,7D2,8D2,9D2,12D2,15D2,17D2,22D2,23D2,25D,27D,29D,33D. The average molecular weight is 467 g/mol. The molecule has 172 valence electrons. The van der Waals surface area contributed by atoms with Gasteiger partial charge in [-0.3, -0.25) is 0 Å². The van der Waals surface area contributed by atoms with E-state index in [1.54, 1.807) is 24.3 Å². The molecule has 0 saturated heterocycles. The van der Waals surface area contributed by atoms with Gasteiger partial charge in [-0.05, 0) is 81.7 Å². The molecule has 0 radical (unpaired) electrons. The average Bonchev–Trinajstić information content (AvgIpc) is 3.11. The second-order valence-corrected chi connectivity index (χ2v) is 8.43. The zero-order valence-electron chi connectivity index (χ0n) is 40.1. The number of hydrogen-bond donors (Lipinski definition) is 0. The Bertz CT molecular complexity index is 2300. The lowest BCUT2D eigenvalue weighted by Gasteiger charge is -2.60. The van der Waals surface area contributed by atoms with Crippen molar-refractivity contribution >= 4 is 21.5 Å². The van der Waals surface area contributed by atoms with Crippen LogP contribution in [0.1, 0.15) is 105 Å². The van der Waals surface area contributed by atoms with Crippen molar-refractivity contribution in [3.8, 4) is 0 Å². The Kier molecular flexibility index (Phi) is 2.00. The third kappa shape index (κ3) is 3.03. The van der Waals surface area contributed by atoms with Crippen LogP contribution < -0.4 is 0 Å². The van der Waals surface area contributed by atoms with Crippen molar-refractivity contribution in [2.45, 2.75) is 68.7 Å². The molecule has 5 unspecified atom stereocenters. The summed E-state index contributed by atoms with van der Waals surface area (Å²) < 4.78 is 209. The van der Waals surface area contributed by atoms with Crippen molar-refractivity contribution in [1.29, 1.82) is 0 Å². The molecule has 0 aromatic heterocycles. The lowest BCUT2D eigenvalue weighted by molar-refractivity contribution is -0.00131. The molecule has 0 heteroatoms. The van der Waals surface area contributed by atoms with Crippen molar-refractivity contribution in [1.82, 2.24) is 0 Å². The fourth-order valence-corrected chi connectivity index (χ4v) is 5.24. The van der Waals surface area contributed by atoms with Gasteiger partial charge in [0.1, 0.15) is 0 Å². The summed E-state index contributed by atoms with van der Waals surface area (Å²) in [5.74, 6) is -17.8. The first-order valence-electron chi connectivity index (χ1n) is 22.1. The first-order valence-corrected chi connectivity index (χ1v) is 11.1. The van der Waals surface area contributed by atoms with E-state index in [2.05, 4.69) is 0 Å². The molecule has 0 bridgehead atoms. The van der Waals surface area contributed by atoms with Crippen molar-refractivity contribution in [2.75, 3.05) is 0 Å². The van der Waals surface area contributed by atoms with E-state index >= 15 is 0 Å². The Balaban J connectivity index is 1.93. The lowest BCUT2D eigenvalue weighted by atomic mass is 9.44. The van der Waals surface area contributed by atoms with Crippen LogP contribution in [0.15, 0.2) is 84.9 Å². The van der Waals surface area contributed by atoms with Gasteiger partial charge in [0.25, 0.3) is 0 Å². The molecule has 4 aromatic rings. The second kappa shape index (κ2) is 8.26. The Hall–Kier alpha value is -2.60. The molecule has 0 amide bonds. The molecule has 0 aliphatic heterocycles. The van der Waals surface area contributed by atoms with E-state index < -0.39 is 97.5 Å². The monoisotopic (exact) mass is 466 g/mol. The summed E-state index contributed by atoms with van der Waals surface area (Å²) in [5.41, 5.74) is -5.70. The van der Waals surface area contributed by atoms with Crippen LogP contribution in [0.5, 0.6) is 0 Å². The summed E-state index contributed by atoms with van der Waals surface area (Å²) in [6.45, 7) is 0. The van der Waals surface area contributed by atoms with Crippen LogP contribution in [0.3, 0.4) is 0 Å². The minimum absolute atomic E-state index is 0.189. The molecule has 34 heavy (non-hydrogen) atoms. The molecule has 0 nitrogen and oxygen atoms in total. The maximum atomic E-state index is 11.0. The second-order valence-electron chi connectivity index (χ2n) is 8.43. The Morgan fingerprint density at radius 3 is 2.41 bits per heavy atom. The van der Waals surface area contributed by atoms with E-state index in [4.69, 9.17) is 11.0 Å². The molecule has 3 aliphatic carbocycles. The van der Waals surface area contributed by atoms with Gasteiger partial charge in [-0.15, -0.1) is 0 Å². The molecule has 7 rings (SSSR count). The summed E-state index contributed by atoms with van der Waals surface area (Å²) in [6.07, 6.45) is -39.5. The number of benzene rings is 4. The SMILES string of the molecule is [2H]C1([2H])C([2H])([2H])C([2H])([2H])C2([2H])C([2H])(c3cccc4c3ccc3ccccc34)C3(c4ccccc4)C([2H])([2H])C([2H])([2H])C([2H])([2H])C([2H])([2H])C3([2H])C([2H])([2H])C2([2H])C1([2H])[2H]. The van der Waals surface area contributed by atoms with Gasteiger partial charge in [-0.25, -0.2) is 0 Å². The molecule has 4 aromatic carbocycles. The van der Waals surface area contributed by atoms with Gasteiger partial charge >= 0.3 is 0 Å². The first kappa shape index (κ1) is 8.22. The molecular weight excluding hydrogens is 408 g/mol. The lowest BCUT2D eigenvalue weighted by Crippen LogP contribution is -2.53. The van der Waals surface area contributed by atoms with Gasteiger partial charge in [0.15, 0.2) is 0 Å². The molecule has 0 spiro atoms. The maximum absolute atomic E-state index is 11.0. The highest BCUT2D eigenvalue weighted by Gasteiger charge is 2.56. The Labute approximate surface area is 235 Å². The van der Waals surface area contributed by atoms with Crippen LogP contribution in [-0.4, -0.2) is 0 Å². The molecular formula is C34H36. The van der Waals surface area contributed by atoms with Crippen LogP contribution in [-0.2, 0) is 5.41 Å². The largest absolute Gasteiger partial charge is 0.0622 e. The van der Waals surface area contributed by atoms with Crippen LogP contribution in [0, 0.1) is 17.7 Å². The maximum Gasteiger partial charge on any atom is 0.0365 e. The molecule has 3 aliphatic rings. The summed E-state index contributed by atoms with van der Waals surface area (Å²) in [6, 6.07) is 18.8. The number of rotatable bonds is 2. The minimum atomic E-state index is -4.69. The molecule has 3 saturated carbocycles. The third-order valence-corrected chi connectivity index (χ3v) is 6.70. The van der Waals surface area contributed by atoms with E-state index in [0.717, 1.165) is 30.3 Å². The Morgan fingerprint density at radius 2 is 1.47 bits per heavy atom. The van der Waals surface area contributed by atoms with Gasteiger partial charge < -0.3 is 0 Å². The molecule has 0 N–H and O–H groups in total. The van der Waals surface area contributed by atoms with E-state index in [0.29, 0.717) is 10.8 Å². The molecule has 0 heterocycles. The van der Waals surface area contributed by atoms with Crippen LogP contribution >= 0.6 is 0 Å². The Morgan fingerprint density at radius 1 is 0.676 bits per heavy atom.